The van der Waals surface area contributed by atoms with Gasteiger partial charge in [0.25, 0.3) is 0 Å². The van der Waals surface area contributed by atoms with Crippen LogP contribution in [0.15, 0.2) is 67.3 Å². The molecule has 25 heavy (non-hydrogen) atoms. The van der Waals surface area contributed by atoms with Crippen molar-refractivity contribution in [2.75, 3.05) is 0 Å². The van der Waals surface area contributed by atoms with Crippen molar-refractivity contribution in [3.8, 4) is 5.69 Å². The van der Waals surface area contributed by atoms with Crippen LogP contribution in [0.1, 0.15) is 50.4 Å². The Balaban J connectivity index is 1.60. The first kappa shape index (κ1) is 17.4. The van der Waals surface area contributed by atoms with Crippen molar-refractivity contribution in [1.82, 2.24) is 14.9 Å². The van der Waals surface area contributed by atoms with Crippen LogP contribution in [0, 0.1) is 0 Å². The highest BCUT2D eigenvalue weighted by molar-refractivity contribution is 5.35. The summed E-state index contributed by atoms with van der Waals surface area (Å²) in [6.45, 7) is 9.81. The predicted octanol–water partition coefficient (Wildman–Crippen LogP) is 5.02. The van der Waals surface area contributed by atoms with Crippen molar-refractivity contribution in [1.29, 1.82) is 0 Å². The smallest absolute Gasteiger partial charge is 0.0991 e. The minimum absolute atomic E-state index is 0.205. The number of imidazole rings is 1. The molecule has 3 nitrogen and oxygen atoms in total. The van der Waals surface area contributed by atoms with Gasteiger partial charge in [0.15, 0.2) is 0 Å². The molecule has 0 aliphatic rings. The summed E-state index contributed by atoms with van der Waals surface area (Å²) in [4.78, 5) is 4.09. The number of rotatable bonds is 5. The second-order valence-electron chi connectivity index (χ2n) is 7.61. The highest BCUT2D eigenvalue weighted by Gasteiger charge is 2.13. The first-order valence-corrected chi connectivity index (χ1v) is 8.84. The molecule has 1 aromatic heterocycles. The highest BCUT2D eigenvalue weighted by atomic mass is 15.0. The van der Waals surface area contributed by atoms with Crippen molar-refractivity contribution >= 4 is 0 Å². The van der Waals surface area contributed by atoms with E-state index in [0.717, 1.165) is 12.2 Å². The van der Waals surface area contributed by atoms with Gasteiger partial charge in [-0.1, -0.05) is 57.2 Å². The summed E-state index contributed by atoms with van der Waals surface area (Å²) in [6, 6.07) is 17.8. The molecular formula is C22H27N3. The van der Waals surface area contributed by atoms with Crippen molar-refractivity contribution in [2.24, 2.45) is 0 Å². The van der Waals surface area contributed by atoms with Gasteiger partial charge in [-0.05, 0) is 41.2 Å². The summed E-state index contributed by atoms with van der Waals surface area (Å²) < 4.78 is 2.01. The van der Waals surface area contributed by atoms with Gasteiger partial charge in [0, 0.05) is 30.7 Å². The molecule has 0 amide bonds. The molecule has 0 aliphatic carbocycles. The van der Waals surface area contributed by atoms with Gasteiger partial charge in [0.05, 0.1) is 6.33 Å². The Bertz CT molecular complexity index is 779. The SMILES string of the molecule is CC(NCc1ccc(C(C)(C)C)cc1)c1ccc(-n2ccnc2)cc1. The Morgan fingerprint density at radius 3 is 2.24 bits per heavy atom. The summed E-state index contributed by atoms with van der Waals surface area (Å²) >= 11 is 0. The lowest BCUT2D eigenvalue weighted by molar-refractivity contribution is 0.571. The zero-order chi connectivity index (χ0) is 17.9. The Labute approximate surface area is 150 Å². The Morgan fingerprint density at radius 2 is 1.68 bits per heavy atom. The molecule has 1 N–H and O–H groups in total. The molecule has 0 radical (unpaired) electrons. The average Bonchev–Trinajstić information content (AvgIpc) is 3.14. The largest absolute Gasteiger partial charge is 0.306 e. The van der Waals surface area contributed by atoms with Crippen LogP contribution in [0.25, 0.3) is 5.69 Å². The van der Waals surface area contributed by atoms with E-state index in [9.17, 15) is 0 Å². The molecule has 1 unspecified atom stereocenters. The molecule has 1 heterocycles. The Kier molecular flexibility index (Phi) is 5.05. The fourth-order valence-electron chi connectivity index (χ4n) is 2.86. The molecule has 0 saturated carbocycles. The van der Waals surface area contributed by atoms with Gasteiger partial charge >= 0.3 is 0 Å². The maximum absolute atomic E-state index is 4.09. The summed E-state index contributed by atoms with van der Waals surface area (Å²) in [5.41, 5.74) is 5.31. The minimum Gasteiger partial charge on any atom is -0.306 e. The van der Waals surface area contributed by atoms with E-state index in [1.165, 1.54) is 16.7 Å². The Hall–Kier alpha value is -2.39. The number of nitrogens with zero attached hydrogens (tertiary/aromatic N) is 2. The molecular weight excluding hydrogens is 306 g/mol. The maximum atomic E-state index is 4.09. The predicted molar refractivity (Wildman–Crippen MR) is 104 cm³/mol. The molecule has 3 aromatic rings. The van der Waals surface area contributed by atoms with Crippen LogP contribution in [-0.2, 0) is 12.0 Å². The van der Waals surface area contributed by atoms with Crippen molar-refractivity contribution in [3.05, 3.63) is 83.9 Å². The van der Waals surface area contributed by atoms with Gasteiger partial charge in [-0.25, -0.2) is 4.98 Å². The van der Waals surface area contributed by atoms with Crippen LogP contribution in [0.4, 0.5) is 0 Å². The number of nitrogens with one attached hydrogen (secondary N) is 1. The molecule has 0 saturated heterocycles. The molecule has 2 aromatic carbocycles. The topological polar surface area (TPSA) is 29.9 Å². The van der Waals surface area contributed by atoms with Crippen LogP contribution in [0.2, 0.25) is 0 Å². The monoisotopic (exact) mass is 333 g/mol. The average molecular weight is 333 g/mol. The van der Waals surface area contributed by atoms with Crippen LogP contribution < -0.4 is 5.32 Å². The van der Waals surface area contributed by atoms with Crippen LogP contribution in [0.5, 0.6) is 0 Å². The molecule has 0 aliphatic heterocycles. The maximum Gasteiger partial charge on any atom is 0.0991 e. The van der Waals surface area contributed by atoms with E-state index in [-0.39, 0.29) is 5.41 Å². The summed E-state index contributed by atoms with van der Waals surface area (Å²) in [7, 11) is 0. The fourth-order valence-corrected chi connectivity index (χ4v) is 2.86. The van der Waals surface area contributed by atoms with Gasteiger partial charge in [-0.3, -0.25) is 0 Å². The third kappa shape index (κ3) is 4.37. The van der Waals surface area contributed by atoms with E-state index in [1.807, 2.05) is 17.1 Å². The lowest BCUT2D eigenvalue weighted by Gasteiger charge is -2.20. The molecule has 0 bridgehead atoms. The van der Waals surface area contributed by atoms with Gasteiger partial charge in [0.1, 0.15) is 0 Å². The van der Waals surface area contributed by atoms with Crippen LogP contribution in [-0.4, -0.2) is 9.55 Å². The van der Waals surface area contributed by atoms with Crippen LogP contribution in [0.3, 0.4) is 0 Å². The standard InChI is InChI=1S/C22H27N3/c1-17(19-7-11-21(12-8-19)25-14-13-23-16-25)24-15-18-5-9-20(10-6-18)22(2,3)4/h5-14,16-17,24H,15H2,1-4H3. The zero-order valence-corrected chi connectivity index (χ0v) is 15.5. The second-order valence-corrected chi connectivity index (χ2v) is 7.61. The third-order valence-electron chi connectivity index (χ3n) is 4.63. The number of hydrogen-bond donors (Lipinski definition) is 1. The molecule has 0 fully saturated rings. The van der Waals surface area contributed by atoms with Crippen molar-refractivity contribution < 1.29 is 0 Å². The number of benzene rings is 2. The quantitative estimate of drug-likeness (QED) is 0.710. The normalized spacial score (nSPS) is 13.0. The lowest BCUT2D eigenvalue weighted by Crippen LogP contribution is -2.18. The summed E-state index contributed by atoms with van der Waals surface area (Å²) in [6.07, 6.45) is 5.57. The van der Waals surface area contributed by atoms with Gasteiger partial charge in [-0.15, -0.1) is 0 Å². The van der Waals surface area contributed by atoms with Gasteiger partial charge in [0.2, 0.25) is 0 Å². The van der Waals surface area contributed by atoms with E-state index in [4.69, 9.17) is 0 Å². The third-order valence-corrected chi connectivity index (χ3v) is 4.63. The van der Waals surface area contributed by atoms with E-state index in [2.05, 4.69) is 86.5 Å². The van der Waals surface area contributed by atoms with Crippen LogP contribution >= 0.6 is 0 Å². The Morgan fingerprint density at radius 1 is 1.00 bits per heavy atom. The first-order chi connectivity index (χ1) is 11.9. The molecule has 3 rings (SSSR count). The molecule has 1 atom stereocenters. The zero-order valence-electron chi connectivity index (χ0n) is 15.5. The van der Waals surface area contributed by atoms with Gasteiger partial charge < -0.3 is 9.88 Å². The molecule has 0 spiro atoms. The fraction of sp³-hybridized carbons (Fsp3) is 0.318. The minimum atomic E-state index is 0.205. The lowest BCUT2D eigenvalue weighted by atomic mass is 9.87. The first-order valence-electron chi connectivity index (χ1n) is 8.84. The van der Waals surface area contributed by atoms with Gasteiger partial charge in [-0.2, -0.15) is 0 Å². The van der Waals surface area contributed by atoms with E-state index >= 15 is 0 Å². The summed E-state index contributed by atoms with van der Waals surface area (Å²) in [5.74, 6) is 0. The van der Waals surface area contributed by atoms with E-state index in [0.29, 0.717) is 6.04 Å². The molecule has 130 valence electrons. The van der Waals surface area contributed by atoms with Crippen molar-refractivity contribution in [2.45, 2.75) is 45.7 Å². The van der Waals surface area contributed by atoms with E-state index in [1.54, 1.807) is 6.20 Å². The second kappa shape index (κ2) is 7.24. The molecule has 3 heteroatoms. The highest BCUT2D eigenvalue weighted by Crippen LogP contribution is 2.22. The number of hydrogen-bond acceptors (Lipinski definition) is 2. The van der Waals surface area contributed by atoms with E-state index < -0.39 is 0 Å². The summed E-state index contributed by atoms with van der Waals surface area (Å²) in [5, 5.41) is 3.61. The van der Waals surface area contributed by atoms with Crippen molar-refractivity contribution in [3.63, 3.8) is 0 Å². The number of aromatic nitrogens is 2.